The van der Waals surface area contributed by atoms with Crippen LogP contribution in [0.3, 0.4) is 0 Å². The Balaban J connectivity index is 1.46. The van der Waals surface area contributed by atoms with E-state index in [9.17, 15) is 0 Å². The van der Waals surface area contributed by atoms with E-state index in [4.69, 9.17) is 0 Å². The minimum atomic E-state index is -0.751. The predicted octanol–water partition coefficient (Wildman–Crippen LogP) is 6.54. The Morgan fingerprint density at radius 3 is 1.54 bits per heavy atom. The summed E-state index contributed by atoms with van der Waals surface area (Å²) in [6.07, 6.45) is 4.57. The molecule has 6 aromatic heterocycles. The molecule has 0 bridgehead atoms. The molecule has 0 N–H and O–H groups in total. The summed E-state index contributed by atoms with van der Waals surface area (Å²) in [4.78, 5) is 0. The summed E-state index contributed by atoms with van der Waals surface area (Å²) in [7, 11) is 0. The third kappa shape index (κ3) is 2.05. The zero-order valence-corrected chi connectivity index (χ0v) is 24.5. The van der Waals surface area contributed by atoms with Crippen molar-refractivity contribution >= 4 is 65.5 Å². The molecule has 0 amide bonds. The van der Waals surface area contributed by atoms with Gasteiger partial charge in [-0.2, -0.15) is 18.3 Å². The van der Waals surface area contributed by atoms with Crippen LogP contribution in [0.2, 0.25) is 0 Å². The Bertz CT molecular complexity index is 3090. The van der Waals surface area contributed by atoms with Crippen LogP contribution in [0.25, 0.3) is 83.0 Å². The highest BCUT2D eigenvalue weighted by atomic mass is 15.5. The molecule has 0 radical (unpaired) electrons. The number of hydrogen-bond donors (Lipinski definition) is 0. The van der Waals surface area contributed by atoms with E-state index < -0.39 is 5.79 Å². The highest BCUT2D eigenvalue weighted by Crippen LogP contribution is 2.49. The number of para-hydroxylation sites is 3. The molecule has 46 heavy (non-hydrogen) atoms. The Morgan fingerprint density at radius 1 is 0.413 bits per heavy atom. The summed E-state index contributed by atoms with van der Waals surface area (Å²) in [5.74, 6) is 2.70. The first-order valence-corrected chi connectivity index (χ1v) is 15.9. The van der Waals surface area contributed by atoms with E-state index in [2.05, 4.69) is 167 Å². The molecule has 6 heteroatoms. The van der Waals surface area contributed by atoms with Crippen molar-refractivity contribution in [3.05, 3.63) is 145 Å². The average molecular weight is 588 g/mol. The topological polar surface area (TPSA) is 26.4 Å². The molecule has 1 unspecified atom stereocenters. The summed E-state index contributed by atoms with van der Waals surface area (Å²) in [5, 5.41) is 7.64. The largest absolute Gasteiger partial charge is 0.420 e. The van der Waals surface area contributed by atoms with Crippen molar-refractivity contribution in [3.8, 4) is 17.5 Å². The van der Waals surface area contributed by atoms with Gasteiger partial charge in [-0.1, -0.05) is 60.7 Å². The van der Waals surface area contributed by atoms with Gasteiger partial charge in [-0.25, -0.2) is 4.57 Å². The number of nitrogens with zero attached hydrogens (tertiary/aromatic N) is 6. The van der Waals surface area contributed by atoms with Gasteiger partial charge in [0.2, 0.25) is 5.82 Å². The van der Waals surface area contributed by atoms with Gasteiger partial charge in [0, 0.05) is 45.1 Å². The van der Waals surface area contributed by atoms with Crippen molar-refractivity contribution in [1.82, 2.24) is 13.7 Å². The third-order valence-electron chi connectivity index (χ3n) is 11.0. The zero-order valence-electron chi connectivity index (χ0n) is 24.5. The van der Waals surface area contributed by atoms with Crippen LogP contribution in [0.1, 0.15) is 5.56 Å². The van der Waals surface area contributed by atoms with Gasteiger partial charge in [-0.3, -0.25) is 0 Å². The molecule has 0 saturated heterocycles. The Kier molecular flexibility index (Phi) is 3.39. The van der Waals surface area contributed by atoms with Gasteiger partial charge in [0.05, 0.1) is 17.8 Å². The lowest BCUT2D eigenvalue weighted by molar-refractivity contribution is -1.15. The first-order chi connectivity index (χ1) is 22.9. The van der Waals surface area contributed by atoms with Crippen LogP contribution in [0.5, 0.6) is 0 Å². The molecular weight excluding hydrogens is 564 g/mol. The van der Waals surface area contributed by atoms with E-state index in [1.165, 1.54) is 71.1 Å². The van der Waals surface area contributed by atoms with Crippen LogP contribution in [0.15, 0.2) is 140 Å². The second-order valence-corrected chi connectivity index (χ2v) is 12.9. The second kappa shape index (κ2) is 7.00. The Labute approximate surface area is 261 Å². The van der Waals surface area contributed by atoms with Crippen LogP contribution < -0.4 is 13.7 Å². The quantitative estimate of drug-likeness (QED) is 0.180. The number of aromatic nitrogens is 6. The van der Waals surface area contributed by atoms with E-state index in [0.717, 1.165) is 17.5 Å². The minimum absolute atomic E-state index is 0.751. The van der Waals surface area contributed by atoms with E-state index in [-0.39, 0.29) is 0 Å². The van der Waals surface area contributed by atoms with Crippen molar-refractivity contribution in [2.24, 2.45) is 0 Å². The summed E-state index contributed by atoms with van der Waals surface area (Å²) in [5.41, 5.74) is 8.70. The normalized spacial score (nSPS) is 16.8. The smallest absolute Gasteiger partial charge is 0.224 e. The molecule has 10 aromatic rings. The zero-order chi connectivity index (χ0) is 29.5. The molecule has 3 aliphatic heterocycles. The van der Waals surface area contributed by atoms with E-state index in [0.29, 0.717) is 0 Å². The predicted molar refractivity (Wildman–Crippen MR) is 178 cm³/mol. The van der Waals surface area contributed by atoms with Gasteiger partial charge in [-0.15, -0.1) is 4.57 Å². The van der Waals surface area contributed by atoms with E-state index >= 15 is 0 Å². The maximum Gasteiger partial charge on any atom is 0.420 e. The van der Waals surface area contributed by atoms with Gasteiger partial charge < -0.3 is 0 Å². The van der Waals surface area contributed by atoms with Crippen LogP contribution in [0, 0.1) is 0 Å². The van der Waals surface area contributed by atoms with Crippen molar-refractivity contribution in [3.63, 3.8) is 0 Å². The third-order valence-corrected chi connectivity index (χ3v) is 11.0. The molecule has 0 fully saturated rings. The lowest BCUT2D eigenvalue weighted by Crippen LogP contribution is -2.91. The highest BCUT2D eigenvalue weighted by Gasteiger charge is 2.66. The number of hydrogen-bond acceptors (Lipinski definition) is 0. The lowest BCUT2D eigenvalue weighted by Gasteiger charge is -2.39. The molecule has 3 aliphatic rings. The van der Waals surface area contributed by atoms with Gasteiger partial charge >= 0.3 is 5.79 Å². The van der Waals surface area contributed by atoms with Crippen molar-refractivity contribution < 1.29 is 13.7 Å². The summed E-state index contributed by atoms with van der Waals surface area (Å²) < 4.78 is 15.2. The van der Waals surface area contributed by atoms with Gasteiger partial charge in [0.15, 0.2) is 11.1 Å². The summed E-state index contributed by atoms with van der Waals surface area (Å²) in [6, 6.07) is 47.1. The molecular formula is C40H23N6+3. The minimum Gasteiger partial charge on any atom is -0.224 e. The maximum absolute atomic E-state index is 2.63. The van der Waals surface area contributed by atoms with Crippen LogP contribution in [-0.2, 0) is 5.79 Å². The summed E-state index contributed by atoms with van der Waals surface area (Å²) >= 11 is 0. The van der Waals surface area contributed by atoms with Gasteiger partial charge in [0.25, 0.3) is 17.3 Å². The van der Waals surface area contributed by atoms with Crippen molar-refractivity contribution in [2.75, 3.05) is 0 Å². The monoisotopic (exact) mass is 587 g/mol. The molecule has 6 nitrogen and oxygen atoms in total. The molecule has 210 valence electrons. The number of rotatable bonds is 0. The standard InChI is InChI=1S/C40H23N6/c1-6-16-32-24(11-1)27-19-20-35-44-31-15-5-3-13-26(31)29-23-28-25-12-2-4-14-30(25)43-33-17-7-9-21-41(33)40(36(37(28)43)38(29)44)42-22-10-8-18-34(42)45(32)39(27)46(35)40/h1-23H/q+3. The molecule has 1 atom stereocenters. The summed E-state index contributed by atoms with van der Waals surface area (Å²) in [6.45, 7) is 0. The molecule has 1 spiro atoms. The SMILES string of the molecule is c1cc[n+]2c(c1)-n1c3ccccc3c3cc4c5ccccc5n5c4c(c31)C21[n+]2ccccc2-n2c3ccccc3c3ccc-5[n+]1c32. The van der Waals surface area contributed by atoms with Crippen LogP contribution in [-0.4, -0.2) is 13.7 Å². The first-order valence-electron chi connectivity index (χ1n) is 15.9. The molecule has 13 rings (SSSR count). The lowest BCUT2D eigenvalue weighted by atomic mass is 9.93. The molecule has 4 aromatic carbocycles. The Hall–Kier alpha value is -6.27. The Morgan fingerprint density at radius 2 is 0.913 bits per heavy atom. The number of benzene rings is 4. The van der Waals surface area contributed by atoms with Crippen LogP contribution >= 0.6 is 0 Å². The van der Waals surface area contributed by atoms with Crippen molar-refractivity contribution in [2.45, 2.75) is 5.79 Å². The van der Waals surface area contributed by atoms with Gasteiger partial charge in [-0.05, 0) is 48.5 Å². The fourth-order valence-electron chi connectivity index (χ4n) is 9.50. The van der Waals surface area contributed by atoms with E-state index in [1.54, 1.807) is 0 Å². The highest BCUT2D eigenvalue weighted by molar-refractivity contribution is 6.21. The number of pyridine rings is 3. The van der Waals surface area contributed by atoms with Crippen LogP contribution in [0.4, 0.5) is 0 Å². The molecule has 0 aliphatic carbocycles. The average Bonchev–Trinajstić information content (AvgIpc) is 3.76. The van der Waals surface area contributed by atoms with E-state index in [1.807, 2.05) is 0 Å². The molecule has 0 saturated carbocycles. The maximum atomic E-state index is 2.63. The van der Waals surface area contributed by atoms with Crippen molar-refractivity contribution in [1.29, 1.82) is 0 Å². The second-order valence-electron chi connectivity index (χ2n) is 12.9. The fourth-order valence-corrected chi connectivity index (χ4v) is 9.50. The number of fused-ring (bicyclic) bond motifs is 14. The van der Waals surface area contributed by atoms with Gasteiger partial charge in [0.1, 0.15) is 22.1 Å². The molecule has 9 heterocycles. The first kappa shape index (κ1) is 22.3. The fraction of sp³-hybridized carbons (Fsp3) is 0.0250.